The van der Waals surface area contributed by atoms with Crippen molar-refractivity contribution in [2.45, 2.75) is 0 Å². The Morgan fingerprint density at radius 2 is 1.17 bits per heavy atom. The van der Waals surface area contributed by atoms with Crippen molar-refractivity contribution in [2.75, 3.05) is 14.2 Å². The zero-order chi connectivity index (χ0) is 27.9. The molecule has 5 heterocycles. The monoisotopic (exact) mass is 648 g/mol. The fourth-order valence-electron chi connectivity index (χ4n) is 5.28. The van der Waals surface area contributed by atoms with Gasteiger partial charge in [-0.15, -0.1) is 0 Å². The number of rotatable bonds is 4. The Morgan fingerprint density at radius 3 is 1.76 bits per heavy atom. The molecular formula is C34H25IN4O2. The van der Waals surface area contributed by atoms with Crippen molar-refractivity contribution in [1.29, 1.82) is 0 Å². The van der Waals surface area contributed by atoms with Crippen molar-refractivity contribution in [3.8, 4) is 33.8 Å². The van der Waals surface area contributed by atoms with Gasteiger partial charge in [0.15, 0.2) is 0 Å². The van der Waals surface area contributed by atoms with Gasteiger partial charge in [0.1, 0.15) is 11.5 Å². The molecule has 3 aromatic heterocycles. The number of nitrogens with zero attached hydrogens (tertiary/aromatic N) is 2. The molecule has 0 saturated heterocycles. The van der Waals surface area contributed by atoms with Crippen molar-refractivity contribution in [3.05, 3.63) is 105 Å². The fraction of sp³-hybridized carbons (Fsp3) is 0.0588. The highest BCUT2D eigenvalue weighted by atomic mass is 127. The van der Waals surface area contributed by atoms with Crippen LogP contribution in [-0.2, 0) is 0 Å². The van der Waals surface area contributed by atoms with E-state index in [4.69, 9.17) is 19.4 Å². The van der Waals surface area contributed by atoms with Crippen LogP contribution in [0.5, 0.6) is 11.5 Å². The molecule has 0 atom stereocenters. The van der Waals surface area contributed by atoms with Crippen LogP contribution in [0.4, 0.5) is 0 Å². The van der Waals surface area contributed by atoms with Crippen LogP contribution < -0.4 is 9.47 Å². The average molecular weight is 649 g/mol. The van der Waals surface area contributed by atoms with E-state index in [-0.39, 0.29) is 0 Å². The minimum Gasteiger partial charge on any atom is -0.497 e. The van der Waals surface area contributed by atoms with Gasteiger partial charge in [0.05, 0.1) is 37.0 Å². The standard InChI is InChI=1S/C34H25IN4O2/c1-40-25-15-20(16-26(19-25)41-2)33-29-11-7-21(36-29)17-23-9-13-31(38-23)34(27-5-3-4-6-28(27)35)32-14-10-24(39-32)18-22-8-12-30(33)37-22/h3-19,36,39H,1-2H3. The molecule has 0 aliphatic carbocycles. The summed E-state index contributed by atoms with van der Waals surface area (Å²) in [7, 11) is 3.32. The van der Waals surface area contributed by atoms with E-state index < -0.39 is 0 Å². The molecule has 2 aliphatic heterocycles. The van der Waals surface area contributed by atoms with Crippen LogP contribution in [0.15, 0.2) is 78.9 Å². The fourth-order valence-corrected chi connectivity index (χ4v) is 5.93. The van der Waals surface area contributed by atoms with Gasteiger partial charge in [0.25, 0.3) is 0 Å². The number of aromatic nitrogens is 4. The van der Waals surface area contributed by atoms with E-state index in [1.807, 2.05) is 30.4 Å². The van der Waals surface area contributed by atoms with E-state index in [9.17, 15) is 0 Å². The quantitative estimate of drug-likeness (QED) is 0.188. The second-order valence-corrected chi connectivity index (χ2v) is 10.9. The Kier molecular flexibility index (Phi) is 6.43. The molecule has 2 aliphatic rings. The van der Waals surface area contributed by atoms with E-state index >= 15 is 0 Å². The molecule has 0 saturated carbocycles. The van der Waals surface area contributed by atoms with E-state index in [1.165, 1.54) is 0 Å². The first-order chi connectivity index (χ1) is 20.1. The predicted molar refractivity (Wildman–Crippen MR) is 176 cm³/mol. The molecule has 41 heavy (non-hydrogen) atoms. The number of fused-ring (bicyclic) bond motifs is 8. The van der Waals surface area contributed by atoms with Crippen LogP contribution in [0.1, 0.15) is 22.8 Å². The van der Waals surface area contributed by atoms with Gasteiger partial charge in [0.2, 0.25) is 0 Å². The van der Waals surface area contributed by atoms with Gasteiger partial charge >= 0.3 is 0 Å². The molecular weight excluding hydrogens is 623 g/mol. The molecule has 0 unspecified atom stereocenters. The molecule has 200 valence electrons. The van der Waals surface area contributed by atoms with Crippen molar-refractivity contribution >= 4 is 69.0 Å². The summed E-state index contributed by atoms with van der Waals surface area (Å²) >= 11 is 2.39. The van der Waals surface area contributed by atoms with Gasteiger partial charge in [-0.1, -0.05) is 18.2 Å². The predicted octanol–water partition coefficient (Wildman–Crippen LogP) is 8.61. The number of nitrogens with one attached hydrogen (secondary N) is 2. The first-order valence-corrected chi connectivity index (χ1v) is 14.2. The Morgan fingerprint density at radius 1 is 0.610 bits per heavy atom. The topological polar surface area (TPSA) is 75.8 Å². The van der Waals surface area contributed by atoms with Crippen LogP contribution in [-0.4, -0.2) is 34.2 Å². The summed E-state index contributed by atoms with van der Waals surface area (Å²) in [5.41, 5.74) is 11.4. The number of aromatic amines is 2. The van der Waals surface area contributed by atoms with Gasteiger partial charge in [-0.25, -0.2) is 9.97 Å². The first-order valence-electron chi connectivity index (χ1n) is 13.2. The SMILES string of the molecule is COc1cc(OC)cc(-c2c3nc(cc4ccc([nH]4)c(-c4ccccc4I)c4nc(cc5ccc2[nH]5)C=C4)C=C3)c1. The van der Waals surface area contributed by atoms with Crippen LogP contribution in [0.3, 0.4) is 0 Å². The maximum absolute atomic E-state index is 5.58. The maximum Gasteiger partial charge on any atom is 0.123 e. The number of benzene rings is 2. The average Bonchev–Trinajstić information content (AvgIpc) is 3.80. The number of H-pyrrole nitrogens is 2. The van der Waals surface area contributed by atoms with Gasteiger partial charge in [-0.3, -0.25) is 0 Å². The smallest absolute Gasteiger partial charge is 0.123 e. The summed E-state index contributed by atoms with van der Waals surface area (Å²) in [4.78, 5) is 17.3. The third-order valence-corrected chi connectivity index (χ3v) is 8.12. The maximum atomic E-state index is 5.58. The number of hydrogen-bond acceptors (Lipinski definition) is 4. The lowest BCUT2D eigenvalue weighted by molar-refractivity contribution is 0.394. The Bertz CT molecular complexity index is 2030. The summed E-state index contributed by atoms with van der Waals surface area (Å²) in [5.74, 6) is 1.42. The van der Waals surface area contributed by atoms with E-state index in [2.05, 4.69) is 105 Å². The highest BCUT2D eigenvalue weighted by molar-refractivity contribution is 14.1. The lowest BCUT2D eigenvalue weighted by Gasteiger charge is -2.09. The van der Waals surface area contributed by atoms with Gasteiger partial charge in [-0.2, -0.15) is 0 Å². The van der Waals surface area contributed by atoms with Crippen molar-refractivity contribution in [3.63, 3.8) is 0 Å². The number of halogens is 1. The molecule has 0 radical (unpaired) electrons. The lowest BCUT2D eigenvalue weighted by Crippen LogP contribution is -1.91. The van der Waals surface area contributed by atoms with Gasteiger partial charge < -0.3 is 19.4 Å². The molecule has 0 spiro atoms. The zero-order valence-corrected chi connectivity index (χ0v) is 24.6. The molecule has 7 rings (SSSR count). The van der Waals surface area contributed by atoms with Crippen LogP contribution in [0.25, 0.3) is 68.6 Å². The van der Waals surface area contributed by atoms with Crippen molar-refractivity contribution < 1.29 is 9.47 Å². The third-order valence-electron chi connectivity index (χ3n) is 7.18. The molecule has 8 bridgehead atoms. The second kappa shape index (κ2) is 10.4. The van der Waals surface area contributed by atoms with Crippen LogP contribution in [0.2, 0.25) is 0 Å². The summed E-state index contributed by atoms with van der Waals surface area (Å²) < 4.78 is 12.3. The largest absolute Gasteiger partial charge is 0.497 e. The number of ether oxygens (including phenoxy) is 2. The van der Waals surface area contributed by atoms with Crippen molar-refractivity contribution in [1.82, 2.24) is 19.9 Å². The number of methoxy groups -OCH3 is 2. The van der Waals surface area contributed by atoms with E-state index in [0.717, 1.165) is 70.7 Å². The summed E-state index contributed by atoms with van der Waals surface area (Å²) in [6.07, 6.45) is 8.23. The van der Waals surface area contributed by atoms with E-state index in [0.29, 0.717) is 11.5 Å². The molecule has 0 amide bonds. The highest BCUT2D eigenvalue weighted by Gasteiger charge is 2.15. The summed E-state index contributed by atoms with van der Waals surface area (Å²) in [6, 6.07) is 26.7. The Labute approximate surface area is 250 Å². The Balaban J connectivity index is 1.56. The molecule has 6 nitrogen and oxygen atoms in total. The minimum atomic E-state index is 0.711. The Hall–Kier alpha value is -4.63. The van der Waals surface area contributed by atoms with Gasteiger partial charge in [0, 0.05) is 42.8 Å². The van der Waals surface area contributed by atoms with Crippen molar-refractivity contribution in [2.24, 2.45) is 0 Å². The second-order valence-electron chi connectivity index (χ2n) is 9.79. The molecule has 7 heteroatoms. The zero-order valence-electron chi connectivity index (χ0n) is 22.4. The van der Waals surface area contributed by atoms with Crippen LogP contribution >= 0.6 is 22.6 Å². The molecule has 0 fully saturated rings. The molecule has 2 aromatic carbocycles. The number of hydrogen-bond donors (Lipinski definition) is 2. The van der Waals surface area contributed by atoms with Crippen LogP contribution in [0, 0.1) is 3.57 Å². The third kappa shape index (κ3) is 4.82. The highest BCUT2D eigenvalue weighted by Crippen LogP contribution is 2.36. The molecule has 2 N–H and O–H groups in total. The lowest BCUT2D eigenvalue weighted by atomic mass is 10.0. The normalized spacial score (nSPS) is 12.1. The molecule has 5 aromatic rings. The van der Waals surface area contributed by atoms with E-state index in [1.54, 1.807) is 14.2 Å². The minimum absolute atomic E-state index is 0.711. The summed E-state index contributed by atoms with van der Waals surface area (Å²) in [5, 5.41) is 0. The van der Waals surface area contributed by atoms with Gasteiger partial charge in [-0.05, 0) is 113 Å². The summed E-state index contributed by atoms with van der Waals surface area (Å²) in [6.45, 7) is 0. The first kappa shape index (κ1) is 25.3.